The number of likely N-dealkylation sites (tertiary alicyclic amines) is 1. The second-order valence-electron chi connectivity index (χ2n) is 6.57. The summed E-state index contributed by atoms with van der Waals surface area (Å²) in [5.41, 5.74) is 6.77. The number of aromatic nitrogens is 1. The van der Waals surface area contributed by atoms with Gasteiger partial charge in [-0.05, 0) is 43.4 Å². The van der Waals surface area contributed by atoms with Crippen molar-refractivity contribution in [3.63, 3.8) is 0 Å². The van der Waals surface area contributed by atoms with Gasteiger partial charge in [0, 0.05) is 44.6 Å². The molecule has 1 fully saturated rings. The number of nitrogens with one attached hydrogen (secondary N) is 1. The monoisotopic (exact) mass is 318 g/mol. The third-order valence-electron chi connectivity index (χ3n) is 5.30. The largest absolute Gasteiger partial charge is 0.353 e. The molecule has 0 bridgehead atoms. The first-order valence-electron chi connectivity index (χ1n) is 8.76. The van der Waals surface area contributed by atoms with E-state index in [4.69, 9.17) is 5.73 Å². The smallest absolute Gasteiger partial charge is 0.227 e. The average Bonchev–Trinajstić information content (AvgIpc) is 2.60. The zero-order chi connectivity index (χ0) is 16.7. The first-order chi connectivity index (χ1) is 11.1. The highest BCUT2D eigenvalue weighted by molar-refractivity contribution is 5.83. The van der Waals surface area contributed by atoms with Crippen LogP contribution in [0.3, 0.4) is 0 Å². The van der Waals surface area contributed by atoms with E-state index in [1.807, 2.05) is 26.2 Å². The van der Waals surface area contributed by atoms with Crippen molar-refractivity contribution >= 4 is 5.91 Å². The van der Waals surface area contributed by atoms with Crippen LogP contribution in [-0.2, 0) is 11.3 Å². The van der Waals surface area contributed by atoms with Crippen LogP contribution in [0, 0.1) is 5.41 Å². The molecular weight excluding hydrogens is 288 g/mol. The molecule has 0 radical (unpaired) electrons. The fourth-order valence-electron chi connectivity index (χ4n) is 3.27. The van der Waals surface area contributed by atoms with Gasteiger partial charge in [-0.3, -0.25) is 14.7 Å². The van der Waals surface area contributed by atoms with E-state index >= 15 is 0 Å². The molecule has 0 aromatic carbocycles. The molecule has 23 heavy (non-hydrogen) atoms. The van der Waals surface area contributed by atoms with Crippen LogP contribution in [-0.4, -0.2) is 41.5 Å². The van der Waals surface area contributed by atoms with Gasteiger partial charge >= 0.3 is 0 Å². The molecule has 1 amide bonds. The lowest BCUT2D eigenvalue weighted by Gasteiger charge is -2.35. The lowest BCUT2D eigenvalue weighted by atomic mass is 9.81. The summed E-state index contributed by atoms with van der Waals surface area (Å²) < 4.78 is 0. The number of hydrogen-bond acceptors (Lipinski definition) is 4. The minimum Gasteiger partial charge on any atom is -0.353 e. The quantitative estimate of drug-likeness (QED) is 0.806. The highest BCUT2D eigenvalue weighted by Crippen LogP contribution is 2.26. The summed E-state index contributed by atoms with van der Waals surface area (Å²) in [6.45, 7) is 7.51. The number of carbonyl (C=O) groups is 1. The molecule has 3 N–H and O–H groups in total. The molecule has 1 aromatic heterocycles. The molecule has 2 heterocycles. The maximum atomic E-state index is 12.6. The van der Waals surface area contributed by atoms with Crippen LogP contribution in [0.15, 0.2) is 24.5 Å². The van der Waals surface area contributed by atoms with Crippen LogP contribution in [0.2, 0.25) is 0 Å². The number of pyridine rings is 1. The molecule has 5 nitrogen and oxygen atoms in total. The Bertz CT molecular complexity index is 471. The van der Waals surface area contributed by atoms with E-state index in [-0.39, 0.29) is 11.9 Å². The van der Waals surface area contributed by atoms with E-state index in [1.54, 1.807) is 0 Å². The summed E-state index contributed by atoms with van der Waals surface area (Å²) in [5.74, 6) is 0.137. The summed E-state index contributed by atoms with van der Waals surface area (Å²) >= 11 is 0. The first-order valence-corrected chi connectivity index (χ1v) is 8.76. The van der Waals surface area contributed by atoms with Gasteiger partial charge in [0.2, 0.25) is 5.91 Å². The van der Waals surface area contributed by atoms with Gasteiger partial charge in [-0.25, -0.2) is 0 Å². The maximum absolute atomic E-state index is 12.6. The SMILES string of the molecule is CCC(CC)(CN)C(=O)NC1CCN(Cc2ccncc2)CC1. The van der Waals surface area contributed by atoms with Gasteiger partial charge in [-0.15, -0.1) is 0 Å². The number of rotatable bonds is 7. The van der Waals surface area contributed by atoms with E-state index in [0.29, 0.717) is 6.54 Å². The van der Waals surface area contributed by atoms with E-state index < -0.39 is 5.41 Å². The van der Waals surface area contributed by atoms with Crippen molar-refractivity contribution < 1.29 is 4.79 Å². The van der Waals surface area contributed by atoms with Gasteiger partial charge in [0.05, 0.1) is 5.41 Å². The average molecular weight is 318 g/mol. The molecule has 128 valence electrons. The van der Waals surface area contributed by atoms with Crippen LogP contribution < -0.4 is 11.1 Å². The van der Waals surface area contributed by atoms with Crippen molar-refractivity contribution in [1.29, 1.82) is 0 Å². The van der Waals surface area contributed by atoms with Gasteiger partial charge in [-0.1, -0.05) is 13.8 Å². The fourth-order valence-corrected chi connectivity index (χ4v) is 3.27. The van der Waals surface area contributed by atoms with E-state index in [9.17, 15) is 4.79 Å². The molecule has 0 atom stereocenters. The van der Waals surface area contributed by atoms with Crippen molar-refractivity contribution in [3.05, 3.63) is 30.1 Å². The third kappa shape index (κ3) is 4.52. The Hall–Kier alpha value is -1.46. The Morgan fingerprint density at radius 1 is 1.30 bits per heavy atom. The molecule has 1 aliphatic heterocycles. The molecule has 2 rings (SSSR count). The van der Waals surface area contributed by atoms with Crippen LogP contribution in [0.1, 0.15) is 45.1 Å². The van der Waals surface area contributed by atoms with Crippen molar-refractivity contribution in [2.45, 2.75) is 52.1 Å². The highest BCUT2D eigenvalue weighted by atomic mass is 16.2. The van der Waals surface area contributed by atoms with Crippen molar-refractivity contribution in [1.82, 2.24) is 15.2 Å². The van der Waals surface area contributed by atoms with E-state index in [2.05, 4.69) is 27.3 Å². The second-order valence-corrected chi connectivity index (χ2v) is 6.57. The molecule has 0 spiro atoms. The third-order valence-corrected chi connectivity index (χ3v) is 5.30. The molecule has 0 saturated carbocycles. The highest BCUT2D eigenvalue weighted by Gasteiger charge is 2.35. The molecule has 1 aromatic rings. The minimum atomic E-state index is -0.395. The summed E-state index contributed by atoms with van der Waals surface area (Å²) in [5, 5.41) is 3.24. The minimum absolute atomic E-state index is 0.137. The Morgan fingerprint density at radius 3 is 2.43 bits per heavy atom. The fraction of sp³-hybridized carbons (Fsp3) is 0.667. The van der Waals surface area contributed by atoms with Gasteiger partial charge in [0.15, 0.2) is 0 Å². The molecule has 0 aliphatic carbocycles. The van der Waals surface area contributed by atoms with Crippen LogP contribution in [0.5, 0.6) is 0 Å². The predicted octanol–water partition coefficient (Wildman–Crippen LogP) is 1.93. The summed E-state index contributed by atoms with van der Waals surface area (Å²) in [6.07, 6.45) is 7.28. The molecule has 1 aliphatic rings. The number of carbonyl (C=O) groups excluding carboxylic acids is 1. The lowest BCUT2D eigenvalue weighted by molar-refractivity contribution is -0.132. The van der Waals surface area contributed by atoms with Gasteiger partial charge in [0.25, 0.3) is 0 Å². The first kappa shape index (κ1) is 17.9. The number of piperidine rings is 1. The van der Waals surface area contributed by atoms with E-state index in [1.165, 1.54) is 5.56 Å². The number of nitrogens with zero attached hydrogens (tertiary/aromatic N) is 2. The van der Waals surface area contributed by atoms with Crippen molar-refractivity contribution in [2.75, 3.05) is 19.6 Å². The zero-order valence-corrected chi connectivity index (χ0v) is 14.4. The topological polar surface area (TPSA) is 71.2 Å². The number of hydrogen-bond donors (Lipinski definition) is 2. The summed E-state index contributed by atoms with van der Waals surface area (Å²) in [7, 11) is 0. The Labute approximate surface area is 139 Å². The molecule has 5 heteroatoms. The lowest BCUT2D eigenvalue weighted by Crippen LogP contribution is -2.51. The van der Waals surface area contributed by atoms with Crippen molar-refractivity contribution in [3.8, 4) is 0 Å². The number of nitrogens with two attached hydrogens (primary N) is 1. The van der Waals surface area contributed by atoms with Gasteiger partial charge in [-0.2, -0.15) is 0 Å². The predicted molar refractivity (Wildman–Crippen MR) is 92.7 cm³/mol. The van der Waals surface area contributed by atoms with Crippen LogP contribution >= 0.6 is 0 Å². The van der Waals surface area contributed by atoms with Gasteiger partial charge < -0.3 is 11.1 Å². The molecular formula is C18H30N4O. The molecule has 1 saturated heterocycles. The Balaban J connectivity index is 1.81. The zero-order valence-electron chi connectivity index (χ0n) is 14.4. The Morgan fingerprint density at radius 2 is 1.91 bits per heavy atom. The van der Waals surface area contributed by atoms with Crippen LogP contribution in [0.25, 0.3) is 0 Å². The van der Waals surface area contributed by atoms with Crippen LogP contribution in [0.4, 0.5) is 0 Å². The summed E-state index contributed by atoms with van der Waals surface area (Å²) in [6, 6.07) is 4.40. The Kier molecular flexibility index (Phi) is 6.54. The normalized spacial score (nSPS) is 17.2. The van der Waals surface area contributed by atoms with Gasteiger partial charge in [0.1, 0.15) is 0 Å². The standard InChI is InChI=1S/C18H30N4O/c1-3-18(4-2,14-19)17(23)21-16-7-11-22(12-8-16)13-15-5-9-20-10-6-15/h5-6,9-10,16H,3-4,7-8,11-14,19H2,1-2H3,(H,21,23). The van der Waals surface area contributed by atoms with Crippen molar-refractivity contribution in [2.24, 2.45) is 11.1 Å². The second kappa shape index (κ2) is 8.41. The summed E-state index contributed by atoms with van der Waals surface area (Å²) in [4.78, 5) is 19.1. The molecule has 0 unspecified atom stereocenters. The number of amides is 1. The maximum Gasteiger partial charge on any atom is 0.227 e. The van der Waals surface area contributed by atoms with E-state index in [0.717, 1.165) is 45.3 Å².